The third-order valence-corrected chi connectivity index (χ3v) is 2.19. The van der Waals surface area contributed by atoms with Crippen molar-refractivity contribution < 1.29 is 19.8 Å². The predicted octanol–water partition coefficient (Wildman–Crippen LogP) is 0.335. The van der Waals surface area contributed by atoms with E-state index < -0.39 is 18.4 Å². The molecule has 0 spiro atoms. The zero-order valence-corrected chi connectivity index (χ0v) is 10.7. The Morgan fingerprint density at radius 2 is 1.53 bits per heavy atom. The molecule has 0 aliphatic rings. The average Bonchev–Trinajstić information content (AvgIpc) is 2.09. The predicted molar refractivity (Wildman–Crippen MR) is 56.5 cm³/mol. The number of carboxylic acids is 2. The molecule has 0 saturated heterocycles. The van der Waals surface area contributed by atoms with Gasteiger partial charge in [0.15, 0.2) is 0 Å². The molecule has 0 aliphatic carbocycles. The van der Waals surface area contributed by atoms with Gasteiger partial charge in [-0.2, -0.15) is 0 Å². The third-order valence-electron chi connectivity index (χ3n) is 1.52. The normalized spacial score (nSPS) is 8.73. The Hall–Kier alpha value is -0.840. The van der Waals surface area contributed by atoms with Gasteiger partial charge in [-0.15, -0.1) is 0 Å². The van der Waals surface area contributed by atoms with Crippen LogP contribution in [0.4, 0.5) is 0 Å². The molecule has 4 nitrogen and oxygen atoms in total. The zero-order valence-electron chi connectivity index (χ0n) is 8.73. The van der Waals surface area contributed by atoms with Crippen LogP contribution in [-0.4, -0.2) is 50.1 Å². The SMILES string of the molecule is Cc1cc[c]([Na])cc1.O=C(O)CC(=O)O. The maximum atomic E-state index is 9.43. The van der Waals surface area contributed by atoms with Crippen LogP contribution in [0.5, 0.6) is 0 Å². The zero-order chi connectivity index (χ0) is 11.8. The molecular weight excluding hydrogens is 207 g/mol. The van der Waals surface area contributed by atoms with Crippen molar-refractivity contribution in [3.63, 3.8) is 0 Å². The van der Waals surface area contributed by atoms with Crippen molar-refractivity contribution in [3.8, 4) is 0 Å². The fourth-order valence-electron chi connectivity index (χ4n) is 0.766. The van der Waals surface area contributed by atoms with Gasteiger partial charge >= 0.3 is 79.4 Å². The quantitative estimate of drug-likeness (QED) is 0.554. The van der Waals surface area contributed by atoms with Crippen molar-refractivity contribution in [3.05, 3.63) is 29.8 Å². The topological polar surface area (TPSA) is 74.6 Å². The molecule has 1 rings (SSSR count). The van der Waals surface area contributed by atoms with E-state index in [-0.39, 0.29) is 0 Å². The Morgan fingerprint density at radius 1 is 1.13 bits per heavy atom. The van der Waals surface area contributed by atoms with E-state index in [1.165, 1.54) is 36.3 Å². The fraction of sp³-hybridized carbons (Fsp3) is 0.200. The van der Waals surface area contributed by atoms with Crippen LogP contribution in [0.3, 0.4) is 0 Å². The van der Waals surface area contributed by atoms with Crippen molar-refractivity contribution in [2.75, 3.05) is 0 Å². The Bertz CT molecular complexity index is 299. The van der Waals surface area contributed by atoms with Gasteiger partial charge in [0.05, 0.1) is 0 Å². The number of aryl methyl sites for hydroxylation is 1. The minimum Gasteiger partial charge on any atom is -0.481 e. The van der Waals surface area contributed by atoms with Crippen LogP contribution in [0.1, 0.15) is 12.0 Å². The minimum atomic E-state index is -1.31. The van der Waals surface area contributed by atoms with E-state index in [0.717, 1.165) is 0 Å². The molecule has 0 aliphatic heterocycles. The molecule has 0 bridgehead atoms. The Kier molecular flexibility index (Phi) is 7.03. The van der Waals surface area contributed by atoms with Crippen LogP contribution in [0.2, 0.25) is 0 Å². The fourth-order valence-corrected chi connectivity index (χ4v) is 1.10. The second-order valence-corrected chi connectivity index (χ2v) is 4.27. The van der Waals surface area contributed by atoms with Crippen molar-refractivity contribution in [2.24, 2.45) is 0 Å². The van der Waals surface area contributed by atoms with E-state index in [1.807, 2.05) is 0 Å². The van der Waals surface area contributed by atoms with Gasteiger partial charge < -0.3 is 10.2 Å². The van der Waals surface area contributed by atoms with E-state index in [1.54, 1.807) is 0 Å². The molecule has 15 heavy (non-hydrogen) atoms. The summed E-state index contributed by atoms with van der Waals surface area (Å²) in [5.41, 5.74) is 1.35. The largest absolute Gasteiger partial charge is 0.481 e. The van der Waals surface area contributed by atoms with Gasteiger partial charge in [0.2, 0.25) is 0 Å². The van der Waals surface area contributed by atoms with Crippen LogP contribution in [0.15, 0.2) is 24.3 Å². The molecule has 0 aromatic heterocycles. The summed E-state index contributed by atoms with van der Waals surface area (Å²) >= 11 is 1.17. The Morgan fingerprint density at radius 3 is 1.73 bits per heavy atom. The molecule has 0 fully saturated rings. The molecule has 5 heteroatoms. The average molecular weight is 218 g/mol. The van der Waals surface area contributed by atoms with Gasteiger partial charge in [0.25, 0.3) is 0 Å². The monoisotopic (exact) mass is 218 g/mol. The molecule has 0 atom stereocenters. The maximum absolute atomic E-state index is 9.43. The molecule has 76 valence electrons. The van der Waals surface area contributed by atoms with E-state index in [0.29, 0.717) is 0 Å². The molecule has 1 aromatic rings. The van der Waals surface area contributed by atoms with Gasteiger partial charge in [-0.05, 0) is 0 Å². The number of aliphatic carboxylic acids is 2. The summed E-state index contributed by atoms with van der Waals surface area (Å²) in [6.07, 6.45) is -0.806. The standard InChI is InChI=1S/C7H7.C3H4O4.Na/c1-7-5-3-2-4-6-7;4-2(5)1-3(6)7;/h3-6H,1H3;1H2,(H,4,5)(H,6,7);. The smallest absolute Gasteiger partial charge is 0.314 e. The van der Waals surface area contributed by atoms with Crippen LogP contribution in [-0.2, 0) is 9.59 Å². The van der Waals surface area contributed by atoms with Gasteiger partial charge in [0.1, 0.15) is 6.42 Å². The van der Waals surface area contributed by atoms with Gasteiger partial charge in [-0.1, -0.05) is 0 Å². The molecule has 0 radical (unpaired) electrons. The second-order valence-electron chi connectivity index (χ2n) is 3.12. The third kappa shape index (κ3) is 9.46. The van der Waals surface area contributed by atoms with E-state index in [2.05, 4.69) is 31.2 Å². The molecule has 0 unspecified atom stereocenters. The first-order chi connectivity index (χ1) is 6.91. The second kappa shape index (κ2) is 7.45. The van der Waals surface area contributed by atoms with Gasteiger partial charge in [0, 0.05) is 0 Å². The molecule has 0 heterocycles. The van der Waals surface area contributed by atoms with Crippen molar-refractivity contribution in [1.29, 1.82) is 0 Å². The molecule has 0 saturated carbocycles. The number of rotatable bonds is 2. The summed E-state index contributed by atoms with van der Waals surface area (Å²) in [6, 6.07) is 8.67. The summed E-state index contributed by atoms with van der Waals surface area (Å²) in [6.45, 7) is 2.11. The first-order valence-electron chi connectivity index (χ1n) is 4.38. The van der Waals surface area contributed by atoms with E-state index >= 15 is 0 Å². The number of hydrogen-bond donors (Lipinski definition) is 2. The number of carbonyl (C=O) groups is 2. The number of carboxylic acid groups (broad SMARTS) is 2. The summed E-state index contributed by atoms with van der Waals surface area (Å²) < 4.78 is 1.47. The molecular formula is C10H11NaO4. The Balaban J connectivity index is 0.000000265. The van der Waals surface area contributed by atoms with Crippen molar-refractivity contribution >= 4 is 42.7 Å². The summed E-state index contributed by atoms with van der Waals surface area (Å²) in [5.74, 6) is -2.62. The van der Waals surface area contributed by atoms with Crippen LogP contribution >= 0.6 is 0 Å². The van der Waals surface area contributed by atoms with Crippen LogP contribution in [0.25, 0.3) is 0 Å². The number of hydrogen-bond acceptors (Lipinski definition) is 2. The molecule has 0 amide bonds. The first kappa shape index (κ1) is 14.2. The minimum absolute atomic E-state index is 0.806. The summed E-state index contributed by atoms with van der Waals surface area (Å²) in [4.78, 5) is 18.9. The maximum Gasteiger partial charge on any atom is 0.314 e. The summed E-state index contributed by atoms with van der Waals surface area (Å²) in [5, 5.41) is 15.4. The van der Waals surface area contributed by atoms with Crippen molar-refractivity contribution in [1.82, 2.24) is 0 Å². The molecule has 2 N–H and O–H groups in total. The Labute approximate surface area is 105 Å². The van der Waals surface area contributed by atoms with Gasteiger partial charge in [-0.25, -0.2) is 0 Å². The van der Waals surface area contributed by atoms with Crippen LogP contribution in [0, 0.1) is 6.92 Å². The van der Waals surface area contributed by atoms with E-state index in [4.69, 9.17) is 10.2 Å². The first-order valence-corrected chi connectivity index (χ1v) is 5.38. The van der Waals surface area contributed by atoms with Gasteiger partial charge in [-0.3, -0.25) is 9.59 Å². The van der Waals surface area contributed by atoms with Crippen LogP contribution < -0.4 is 2.81 Å². The van der Waals surface area contributed by atoms with Crippen molar-refractivity contribution in [2.45, 2.75) is 13.3 Å². The summed E-state index contributed by atoms with van der Waals surface area (Å²) in [7, 11) is 0. The molecule has 1 aromatic carbocycles. The number of benzene rings is 1. The van der Waals surface area contributed by atoms with E-state index in [9.17, 15) is 9.59 Å².